The van der Waals surface area contributed by atoms with E-state index < -0.39 is 6.04 Å². The Morgan fingerprint density at radius 1 is 1.26 bits per heavy atom. The zero-order valence-corrected chi connectivity index (χ0v) is 11.1. The molecule has 1 atom stereocenters. The van der Waals surface area contributed by atoms with Crippen molar-refractivity contribution >= 4 is 17.3 Å². The van der Waals surface area contributed by atoms with Gasteiger partial charge in [-0.3, -0.25) is 0 Å². The van der Waals surface area contributed by atoms with Gasteiger partial charge in [0.1, 0.15) is 11.9 Å². The maximum Gasteiger partial charge on any atom is 0.140 e. The normalized spacial score (nSPS) is 11.7. The summed E-state index contributed by atoms with van der Waals surface area (Å²) in [6, 6.07) is 13.3. The Labute approximate surface area is 116 Å². The highest BCUT2D eigenvalue weighted by molar-refractivity contribution is 6.30. The smallest absolute Gasteiger partial charge is 0.140 e. The first kappa shape index (κ1) is 13.4. The van der Waals surface area contributed by atoms with Crippen molar-refractivity contribution in [2.24, 2.45) is 0 Å². The molecule has 2 nitrogen and oxygen atoms in total. The van der Waals surface area contributed by atoms with Crippen LogP contribution < -0.4 is 5.32 Å². The summed E-state index contributed by atoms with van der Waals surface area (Å²) >= 11 is 5.88. The lowest BCUT2D eigenvalue weighted by Gasteiger charge is -2.14. The van der Waals surface area contributed by atoms with Crippen LogP contribution >= 0.6 is 11.6 Å². The largest absolute Gasteiger partial charge is 0.366 e. The fourth-order valence-corrected chi connectivity index (χ4v) is 1.91. The van der Waals surface area contributed by atoms with Gasteiger partial charge in [-0.1, -0.05) is 29.8 Å². The molecule has 0 saturated heterocycles. The van der Waals surface area contributed by atoms with Crippen LogP contribution in [0.1, 0.15) is 17.2 Å². The van der Waals surface area contributed by atoms with Crippen LogP contribution in [-0.2, 0) is 0 Å². The highest BCUT2D eigenvalue weighted by Gasteiger charge is 2.12. The third-order valence-corrected chi connectivity index (χ3v) is 3.03. The number of nitriles is 1. The van der Waals surface area contributed by atoms with Gasteiger partial charge in [0.2, 0.25) is 0 Å². The Kier molecular flexibility index (Phi) is 4.03. The second kappa shape index (κ2) is 5.73. The first-order valence-corrected chi connectivity index (χ1v) is 6.15. The molecule has 1 N–H and O–H groups in total. The quantitative estimate of drug-likeness (QED) is 0.897. The van der Waals surface area contributed by atoms with Gasteiger partial charge in [-0.15, -0.1) is 0 Å². The molecule has 0 aliphatic rings. The van der Waals surface area contributed by atoms with Crippen molar-refractivity contribution in [3.05, 3.63) is 64.4 Å². The number of hydrogen-bond donors (Lipinski definition) is 1. The van der Waals surface area contributed by atoms with Crippen molar-refractivity contribution in [2.45, 2.75) is 13.0 Å². The van der Waals surface area contributed by atoms with Gasteiger partial charge in [-0.05, 0) is 42.3 Å². The molecule has 96 valence electrons. The van der Waals surface area contributed by atoms with E-state index in [9.17, 15) is 9.65 Å². The Bertz CT molecular complexity index is 634. The zero-order valence-electron chi connectivity index (χ0n) is 10.3. The van der Waals surface area contributed by atoms with Gasteiger partial charge >= 0.3 is 0 Å². The molecule has 0 amide bonds. The molecule has 0 aliphatic heterocycles. The van der Waals surface area contributed by atoms with Gasteiger partial charge in [0.15, 0.2) is 0 Å². The molecular formula is C15H12ClFN2. The summed E-state index contributed by atoms with van der Waals surface area (Å²) in [6.45, 7) is 1.69. The molecule has 0 heterocycles. The topological polar surface area (TPSA) is 35.8 Å². The first-order valence-electron chi connectivity index (χ1n) is 5.78. The summed E-state index contributed by atoms with van der Waals surface area (Å²) < 4.78 is 13.5. The Morgan fingerprint density at radius 3 is 2.68 bits per heavy atom. The maximum atomic E-state index is 13.5. The SMILES string of the molecule is Cc1ccc(C(C#N)Nc2cccc(Cl)c2)cc1F. The van der Waals surface area contributed by atoms with E-state index in [0.29, 0.717) is 16.1 Å². The third-order valence-electron chi connectivity index (χ3n) is 2.79. The van der Waals surface area contributed by atoms with Gasteiger partial charge in [0, 0.05) is 10.7 Å². The second-order valence-electron chi connectivity index (χ2n) is 4.23. The number of aryl methyl sites for hydroxylation is 1. The summed E-state index contributed by atoms with van der Waals surface area (Å²) in [4.78, 5) is 0. The van der Waals surface area contributed by atoms with Crippen molar-refractivity contribution < 1.29 is 4.39 Å². The van der Waals surface area contributed by atoms with E-state index in [-0.39, 0.29) is 5.82 Å². The number of nitrogens with one attached hydrogen (secondary N) is 1. The van der Waals surface area contributed by atoms with E-state index in [1.54, 1.807) is 43.3 Å². The fraction of sp³-hybridized carbons (Fsp3) is 0.133. The van der Waals surface area contributed by atoms with Gasteiger partial charge in [-0.25, -0.2) is 4.39 Å². The minimum absolute atomic E-state index is 0.314. The summed E-state index contributed by atoms with van der Waals surface area (Å²) in [5, 5.41) is 12.8. The molecule has 0 aromatic heterocycles. The summed E-state index contributed by atoms with van der Waals surface area (Å²) in [5.41, 5.74) is 1.87. The molecule has 4 heteroatoms. The molecule has 0 radical (unpaired) electrons. The number of hydrogen-bond acceptors (Lipinski definition) is 2. The zero-order chi connectivity index (χ0) is 13.8. The van der Waals surface area contributed by atoms with Crippen molar-refractivity contribution in [3.8, 4) is 6.07 Å². The van der Waals surface area contributed by atoms with Crippen molar-refractivity contribution in [1.29, 1.82) is 5.26 Å². The van der Waals surface area contributed by atoms with E-state index in [0.717, 1.165) is 5.69 Å². The highest BCUT2D eigenvalue weighted by atomic mass is 35.5. The second-order valence-corrected chi connectivity index (χ2v) is 4.66. The van der Waals surface area contributed by atoms with Crippen molar-refractivity contribution in [1.82, 2.24) is 0 Å². The molecule has 0 fully saturated rings. The highest BCUT2D eigenvalue weighted by Crippen LogP contribution is 2.23. The lowest BCUT2D eigenvalue weighted by molar-refractivity contribution is 0.615. The van der Waals surface area contributed by atoms with E-state index in [1.807, 2.05) is 0 Å². The summed E-state index contributed by atoms with van der Waals surface area (Å²) in [6.07, 6.45) is 0. The predicted molar refractivity (Wildman–Crippen MR) is 74.6 cm³/mol. The first-order chi connectivity index (χ1) is 9.10. The molecule has 19 heavy (non-hydrogen) atoms. The lowest BCUT2D eigenvalue weighted by atomic mass is 10.1. The molecule has 2 rings (SSSR count). The predicted octanol–water partition coefficient (Wildman–Crippen LogP) is 4.46. The molecule has 2 aromatic rings. The number of nitrogens with zero attached hydrogens (tertiary/aromatic N) is 1. The van der Waals surface area contributed by atoms with Crippen LogP contribution in [0.15, 0.2) is 42.5 Å². The minimum atomic E-state index is -0.617. The Morgan fingerprint density at radius 2 is 2.05 bits per heavy atom. The van der Waals surface area contributed by atoms with Gasteiger partial charge in [0.25, 0.3) is 0 Å². The van der Waals surface area contributed by atoms with Crippen LogP contribution in [0.2, 0.25) is 5.02 Å². The van der Waals surface area contributed by atoms with Crippen LogP contribution in [0.3, 0.4) is 0 Å². The van der Waals surface area contributed by atoms with Crippen LogP contribution in [0.25, 0.3) is 0 Å². The van der Waals surface area contributed by atoms with Crippen molar-refractivity contribution in [2.75, 3.05) is 5.32 Å². The monoisotopic (exact) mass is 274 g/mol. The molecule has 2 aromatic carbocycles. The van der Waals surface area contributed by atoms with Crippen LogP contribution in [0.5, 0.6) is 0 Å². The van der Waals surface area contributed by atoms with Gasteiger partial charge in [-0.2, -0.15) is 5.26 Å². The van der Waals surface area contributed by atoms with Crippen molar-refractivity contribution in [3.63, 3.8) is 0 Å². The van der Waals surface area contributed by atoms with Crippen LogP contribution in [-0.4, -0.2) is 0 Å². The third kappa shape index (κ3) is 3.24. The molecule has 0 bridgehead atoms. The maximum absolute atomic E-state index is 13.5. The lowest BCUT2D eigenvalue weighted by Crippen LogP contribution is -2.09. The van der Waals surface area contributed by atoms with Crippen LogP contribution in [0.4, 0.5) is 10.1 Å². The number of anilines is 1. The fourth-order valence-electron chi connectivity index (χ4n) is 1.72. The number of rotatable bonds is 3. The number of halogens is 2. The molecule has 0 spiro atoms. The average Bonchev–Trinajstić information content (AvgIpc) is 2.39. The van der Waals surface area contributed by atoms with Gasteiger partial charge < -0.3 is 5.32 Å². The van der Waals surface area contributed by atoms with E-state index in [2.05, 4.69) is 11.4 Å². The van der Waals surface area contributed by atoms with Crippen LogP contribution in [0, 0.1) is 24.1 Å². The molecule has 1 unspecified atom stereocenters. The van der Waals surface area contributed by atoms with E-state index in [1.165, 1.54) is 6.07 Å². The molecule has 0 aliphatic carbocycles. The van der Waals surface area contributed by atoms with E-state index >= 15 is 0 Å². The summed E-state index contributed by atoms with van der Waals surface area (Å²) in [5.74, 6) is -0.314. The molecule has 0 saturated carbocycles. The summed E-state index contributed by atoms with van der Waals surface area (Å²) in [7, 11) is 0. The molecular weight excluding hydrogens is 263 g/mol. The van der Waals surface area contributed by atoms with E-state index in [4.69, 9.17) is 11.6 Å². The van der Waals surface area contributed by atoms with Gasteiger partial charge in [0.05, 0.1) is 6.07 Å². The average molecular weight is 275 g/mol. The Hall–Kier alpha value is -2.05. The number of benzene rings is 2. The standard InChI is InChI=1S/C15H12ClFN2/c1-10-5-6-11(7-14(10)17)15(9-18)19-13-4-2-3-12(16)8-13/h2-8,15,19H,1H3. The Balaban J connectivity index is 2.25. The minimum Gasteiger partial charge on any atom is -0.366 e.